The van der Waals surface area contributed by atoms with E-state index in [0.29, 0.717) is 44.6 Å². The molecule has 1 saturated heterocycles. The van der Waals surface area contributed by atoms with Gasteiger partial charge in [-0.25, -0.2) is 0 Å². The topological polar surface area (TPSA) is 38.8 Å². The first-order valence-corrected chi connectivity index (χ1v) is 15.1. The molecule has 0 bridgehead atoms. The number of hydrogen-bond donors (Lipinski definition) is 0. The van der Waals surface area contributed by atoms with Gasteiger partial charge in [-0.05, 0) is 104 Å². The van der Waals surface area contributed by atoms with Crippen LogP contribution in [0, 0.1) is 3.57 Å². The quantitative estimate of drug-likeness (QED) is 0.108. The van der Waals surface area contributed by atoms with Crippen LogP contribution in [0.15, 0.2) is 82.2 Å². The molecular formula is C29H20BrClINO3S2. The second-order valence-corrected chi connectivity index (χ2v) is 12.4. The molecule has 0 spiro atoms. The Hall–Kier alpha value is -2.11. The monoisotopic (exact) mass is 735 g/mol. The van der Waals surface area contributed by atoms with Crippen molar-refractivity contribution in [1.29, 1.82) is 0 Å². The predicted octanol–water partition coefficient (Wildman–Crippen LogP) is 9.24. The Labute approximate surface area is 257 Å². The van der Waals surface area contributed by atoms with Crippen molar-refractivity contribution in [2.24, 2.45) is 0 Å². The van der Waals surface area contributed by atoms with Gasteiger partial charge in [-0.3, -0.25) is 9.69 Å². The lowest BCUT2D eigenvalue weighted by atomic mass is 10.1. The third-order valence-corrected chi connectivity index (χ3v) is 9.17. The molecule has 0 saturated carbocycles. The van der Waals surface area contributed by atoms with Gasteiger partial charge >= 0.3 is 0 Å². The van der Waals surface area contributed by atoms with Crippen LogP contribution in [0.25, 0.3) is 16.8 Å². The van der Waals surface area contributed by atoms with Crippen molar-refractivity contribution < 1.29 is 14.3 Å². The average molecular weight is 737 g/mol. The summed E-state index contributed by atoms with van der Waals surface area (Å²) in [5.41, 5.74) is 2.55. The third-order valence-electron chi connectivity index (χ3n) is 5.84. The number of nitrogens with zero attached hydrogens (tertiary/aromatic N) is 1. The Morgan fingerprint density at radius 3 is 2.66 bits per heavy atom. The molecule has 192 valence electrons. The largest absolute Gasteiger partial charge is 0.490 e. The highest BCUT2D eigenvalue weighted by Crippen LogP contribution is 2.40. The number of ether oxygens (including phenoxy) is 2. The summed E-state index contributed by atoms with van der Waals surface area (Å²) in [5.74, 6) is 1.11. The third kappa shape index (κ3) is 5.74. The summed E-state index contributed by atoms with van der Waals surface area (Å²) in [6, 6.07) is 23.7. The van der Waals surface area contributed by atoms with Gasteiger partial charge in [0.15, 0.2) is 15.8 Å². The summed E-state index contributed by atoms with van der Waals surface area (Å²) in [5, 5.41) is 2.84. The van der Waals surface area contributed by atoms with E-state index in [2.05, 4.69) is 62.8 Å². The van der Waals surface area contributed by atoms with Crippen molar-refractivity contribution in [2.75, 3.05) is 11.5 Å². The molecule has 0 atom stereocenters. The standard InChI is InChI=1S/C29H20BrClINO3S2/c1-2-35-25-13-17(14-26-28(34)33(29(37)38-26)20-10-11-22(30)23(31)15-20)12-24(32)27(25)36-16-19-8-5-7-18-6-3-4-9-21(18)19/h3-15H,2,16H2,1H3/b26-14+. The summed E-state index contributed by atoms with van der Waals surface area (Å²) >= 11 is 18.7. The van der Waals surface area contributed by atoms with Gasteiger partial charge in [0, 0.05) is 4.47 Å². The predicted molar refractivity (Wildman–Crippen MR) is 173 cm³/mol. The van der Waals surface area contributed by atoms with E-state index in [9.17, 15) is 4.79 Å². The van der Waals surface area contributed by atoms with Gasteiger partial charge in [-0.2, -0.15) is 0 Å². The Balaban J connectivity index is 1.42. The minimum absolute atomic E-state index is 0.192. The van der Waals surface area contributed by atoms with E-state index in [-0.39, 0.29) is 5.91 Å². The number of thiocarbonyl (C=S) groups is 1. The zero-order chi connectivity index (χ0) is 26.8. The van der Waals surface area contributed by atoms with Crippen LogP contribution in [0.2, 0.25) is 5.02 Å². The minimum Gasteiger partial charge on any atom is -0.490 e. The molecule has 0 radical (unpaired) electrons. The number of anilines is 1. The first-order chi connectivity index (χ1) is 18.4. The fourth-order valence-corrected chi connectivity index (χ4v) is 6.61. The fraction of sp³-hybridized carbons (Fsp3) is 0.103. The Kier molecular flexibility index (Phi) is 8.64. The van der Waals surface area contributed by atoms with E-state index < -0.39 is 0 Å². The molecule has 5 rings (SSSR count). The van der Waals surface area contributed by atoms with Crippen molar-refractivity contribution in [3.63, 3.8) is 0 Å². The van der Waals surface area contributed by atoms with E-state index in [1.807, 2.05) is 49.4 Å². The van der Waals surface area contributed by atoms with Crippen LogP contribution in [-0.2, 0) is 11.4 Å². The highest BCUT2D eigenvalue weighted by Gasteiger charge is 2.33. The van der Waals surface area contributed by atoms with E-state index in [1.165, 1.54) is 22.0 Å². The van der Waals surface area contributed by atoms with Crippen LogP contribution in [0.1, 0.15) is 18.1 Å². The Morgan fingerprint density at radius 2 is 1.87 bits per heavy atom. The van der Waals surface area contributed by atoms with Crippen LogP contribution in [0.4, 0.5) is 5.69 Å². The second kappa shape index (κ2) is 12.0. The minimum atomic E-state index is -0.192. The summed E-state index contributed by atoms with van der Waals surface area (Å²) in [7, 11) is 0. The molecule has 1 aliphatic heterocycles. The summed E-state index contributed by atoms with van der Waals surface area (Å²) in [6.45, 7) is 2.82. The van der Waals surface area contributed by atoms with Crippen LogP contribution >= 0.6 is 74.1 Å². The summed E-state index contributed by atoms with van der Waals surface area (Å²) in [6.07, 6.45) is 1.83. The molecule has 38 heavy (non-hydrogen) atoms. The van der Waals surface area contributed by atoms with Crippen LogP contribution in [0.5, 0.6) is 11.5 Å². The van der Waals surface area contributed by atoms with Gasteiger partial charge in [0.1, 0.15) is 6.61 Å². The zero-order valence-corrected chi connectivity index (χ0v) is 26.2. The summed E-state index contributed by atoms with van der Waals surface area (Å²) in [4.78, 5) is 15.3. The van der Waals surface area contributed by atoms with Crippen molar-refractivity contribution in [2.45, 2.75) is 13.5 Å². The maximum Gasteiger partial charge on any atom is 0.270 e. The number of rotatable bonds is 7. The number of fused-ring (bicyclic) bond motifs is 1. The van der Waals surface area contributed by atoms with Gasteiger partial charge in [0.2, 0.25) is 0 Å². The molecule has 0 unspecified atom stereocenters. The smallest absolute Gasteiger partial charge is 0.270 e. The summed E-state index contributed by atoms with van der Waals surface area (Å²) < 4.78 is 14.4. The number of benzene rings is 4. The normalized spacial score (nSPS) is 14.5. The maximum atomic E-state index is 13.3. The van der Waals surface area contributed by atoms with Crippen LogP contribution in [-0.4, -0.2) is 16.8 Å². The number of carbonyl (C=O) groups is 1. The fourth-order valence-electron chi connectivity index (χ4n) is 4.11. The molecule has 4 aromatic carbocycles. The molecule has 4 nitrogen and oxygen atoms in total. The molecule has 0 aromatic heterocycles. The van der Waals surface area contributed by atoms with Crippen molar-refractivity contribution in [3.8, 4) is 11.5 Å². The lowest BCUT2D eigenvalue weighted by molar-refractivity contribution is -0.113. The van der Waals surface area contributed by atoms with Gasteiger partial charge in [0.05, 0.1) is 25.8 Å². The van der Waals surface area contributed by atoms with Crippen molar-refractivity contribution in [1.82, 2.24) is 0 Å². The van der Waals surface area contributed by atoms with E-state index in [4.69, 9.17) is 33.3 Å². The Morgan fingerprint density at radius 1 is 1.08 bits per heavy atom. The number of carbonyl (C=O) groups excluding carboxylic acids is 1. The van der Waals surface area contributed by atoms with E-state index in [1.54, 1.807) is 12.1 Å². The molecule has 0 aliphatic carbocycles. The molecule has 9 heteroatoms. The van der Waals surface area contributed by atoms with Gasteiger partial charge in [-0.15, -0.1) is 0 Å². The van der Waals surface area contributed by atoms with Crippen LogP contribution < -0.4 is 14.4 Å². The first kappa shape index (κ1) is 27.5. The first-order valence-electron chi connectivity index (χ1n) is 11.6. The van der Waals surface area contributed by atoms with Crippen molar-refractivity contribution in [3.05, 3.63) is 102 Å². The molecule has 1 fully saturated rings. The van der Waals surface area contributed by atoms with Crippen LogP contribution in [0.3, 0.4) is 0 Å². The highest BCUT2D eigenvalue weighted by molar-refractivity contribution is 14.1. The number of hydrogen-bond acceptors (Lipinski definition) is 5. The molecule has 1 amide bonds. The maximum absolute atomic E-state index is 13.3. The zero-order valence-electron chi connectivity index (χ0n) is 20.0. The average Bonchev–Trinajstić information content (AvgIpc) is 3.17. The van der Waals surface area contributed by atoms with E-state index >= 15 is 0 Å². The number of amides is 1. The van der Waals surface area contributed by atoms with Gasteiger partial charge in [-0.1, -0.05) is 78.0 Å². The molecule has 0 N–H and O–H groups in total. The SMILES string of the molecule is CCOc1cc(/C=C2/SC(=S)N(c3ccc(Br)c(Cl)c3)C2=O)cc(I)c1OCc1cccc2ccccc12. The van der Waals surface area contributed by atoms with Gasteiger partial charge in [0.25, 0.3) is 5.91 Å². The van der Waals surface area contributed by atoms with E-state index in [0.717, 1.165) is 24.6 Å². The number of halogens is 3. The second-order valence-electron chi connectivity index (χ2n) is 8.31. The lowest BCUT2D eigenvalue weighted by Crippen LogP contribution is -2.27. The molecule has 4 aromatic rings. The Bertz CT molecular complexity index is 1610. The molecular weight excluding hydrogens is 717 g/mol. The van der Waals surface area contributed by atoms with Gasteiger partial charge < -0.3 is 9.47 Å². The number of thioether (sulfide) groups is 1. The highest BCUT2D eigenvalue weighted by atomic mass is 127. The lowest BCUT2D eigenvalue weighted by Gasteiger charge is -2.16. The molecule has 1 heterocycles. The molecule has 1 aliphatic rings. The van der Waals surface area contributed by atoms with Crippen molar-refractivity contribution >= 4 is 107 Å².